The third-order valence-corrected chi connectivity index (χ3v) is 7.31. The number of rotatable bonds is 9. The second kappa shape index (κ2) is 10.5. The topological polar surface area (TPSA) is 56.6 Å². The Labute approximate surface area is 201 Å². The summed E-state index contributed by atoms with van der Waals surface area (Å²) in [6, 6.07) is 16.5. The van der Waals surface area contributed by atoms with Gasteiger partial charge in [-0.1, -0.05) is 37.5 Å². The number of amides is 1. The van der Waals surface area contributed by atoms with Crippen molar-refractivity contribution < 1.29 is 14.3 Å². The standard InChI is InChI=1S/C28H35N3O3/c1-33-23-12-9-13-24(19-23)34-17-8-7-16-30-26-15-6-5-14-25(26)29-28(30)21-18-27(32)31(20-21)22-10-3-2-4-11-22/h5-6,9,12-15,19,21-22H,2-4,7-8,10-11,16-18,20H2,1H3. The first-order chi connectivity index (χ1) is 16.7. The van der Waals surface area contributed by atoms with Gasteiger partial charge in [0.25, 0.3) is 0 Å². The molecule has 5 rings (SSSR count). The molecule has 1 atom stereocenters. The lowest BCUT2D eigenvalue weighted by Gasteiger charge is -2.31. The minimum atomic E-state index is 0.176. The molecule has 2 aromatic carbocycles. The lowest BCUT2D eigenvalue weighted by Crippen LogP contribution is -2.37. The maximum atomic E-state index is 12.9. The number of imidazole rings is 1. The molecule has 0 bridgehead atoms. The minimum Gasteiger partial charge on any atom is -0.497 e. The van der Waals surface area contributed by atoms with Crippen LogP contribution < -0.4 is 9.47 Å². The number of fused-ring (bicyclic) bond motifs is 1. The average Bonchev–Trinajstić information content (AvgIpc) is 3.45. The zero-order chi connectivity index (χ0) is 23.3. The van der Waals surface area contributed by atoms with Crippen LogP contribution in [-0.2, 0) is 11.3 Å². The number of ether oxygens (including phenoxy) is 2. The lowest BCUT2D eigenvalue weighted by atomic mass is 9.94. The molecule has 34 heavy (non-hydrogen) atoms. The second-order valence-electron chi connectivity index (χ2n) is 9.58. The van der Waals surface area contributed by atoms with Crippen LogP contribution in [0, 0.1) is 0 Å². The Morgan fingerprint density at radius 3 is 2.68 bits per heavy atom. The van der Waals surface area contributed by atoms with Crippen molar-refractivity contribution >= 4 is 16.9 Å². The molecule has 1 amide bonds. The monoisotopic (exact) mass is 461 g/mol. The van der Waals surface area contributed by atoms with Gasteiger partial charge in [-0.15, -0.1) is 0 Å². The second-order valence-corrected chi connectivity index (χ2v) is 9.58. The molecule has 2 aliphatic rings. The van der Waals surface area contributed by atoms with E-state index in [1.807, 2.05) is 30.3 Å². The van der Waals surface area contributed by atoms with E-state index in [9.17, 15) is 4.79 Å². The van der Waals surface area contributed by atoms with E-state index in [1.165, 1.54) is 19.3 Å². The van der Waals surface area contributed by atoms with Crippen molar-refractivity contribution in [2.45, 2.75) is 69.9 Å². The molecule has 6 heteroatoms. The molecule has 1 unspecified atom stereocenters. The maximum absolute atomic E-state index is 12.9. The lowest BCUT2D eigenvalue weighted by molar-refractivity contribution is -0.130. The first-order valence-electron chi connectivity index (χ1n) is 12.7. The molecule has 6 nitrogen and oxygen atoms in total. The van der Waals surface area contributed by atoms with E-state index < -0.39 is 0 Å². The Bertz CT molecular complexity index is 1120. The van der Waals surface area contributed by atoms with Gasteiger partial charge in [-0.2, -0.15) is 0 Å². The summed E-state index contributed by atoms with van der Waals surface area (Å²) in [6.45, 7) is 2.35. The van der Waals surface area contributed by atoms with E-state index in [4.69, 9.17) is 14.5 Å². The van der Waals surface area contributed by atoms with Crippen LogP contribution in [0.2, 0.25) is 0 Å². The highest BCUT2D eigenvalue weighted by atomic mass is 16.5. The molecule has 2 heterocycles. The highest BCUT2D eigenvalue weighted by Crippen LogP contribution is 2.34. The molecule has 0 N–H and O–H groups in total. The van der Waals surface area contributed by atoms with Gasteiger partial charge < -0.3 is 18.9 Å². The number of likely N-dealkylation sites (tertiary alicyclic amines) is 1. The molecular formula is C28H35N3O3. The van der Waals surface area contributed by atoms with Crippen molar-refractivity contribution in [3.63, 3.8) is 0 Å². The van der Waals surface area contributed by atoms with Crippen LogP contribution in [0.25, 0.3) is 11.0 Å². The van der Waals surface area contributed by atoms with Gasteiger partial charge in [0.05, 0.1) is 24.8 Å². The van der Waals surface area contributed by atoms with Crippen LogP contribution in [0.1, 0.15) is 63.1 Å². The van der Waals surface area contributed by atoms with Crippen molar-refractivity contribution in [2.24, 2.45) is 0 Å². The van der Waals surface area contributed by atoms with Gasteiger partial charge in [0.2, 0.25) is 5.91 Å². The average molecular weight is 462 g/mol. The summed E-state index contributed by atoms with van der Waals surface area (Å²) in [5.41, 5.74) is 2.18. The summed E-state index contributed by atoms with van der Waals surface area (Å²) < 4.78 is 13.5. The van der Waals surface area contributed by atoms with Crippen LogP contribution in [-0.4, -0.2) is 46.7 Å². The van der Waals surface area contributed by atoms with Crippen LogP contribution in [0.3, 0.4) is 0 Å². The zero-order valence-electron chi connectivity index (χ0n) is 20.1. The number of unbranched alkanes of at least 4 members (excludes halogenated alkanes) is 1. The number of aryl methyl sites for hydroxylation is 1. The molecular weight excluding hydrogens is 426 g/mol. The predicted octanol–water partition coefficient (Wildman–Crippen LogP) is 5.55. The first kappa shape index (κ1) is 22.8. The molecule has 180 valence electrons. The van der Waals surface area contributed by atoms with E-state index in [2.05, 4.69) is 27.7 Å². The fourth-order valence-corrected chi connectivity index (χ4v) is 5.54. The molecule has 0 spiro atoms. The van der Waals surface area contributed by atoms with Crippen molar-refractivity contribution in [1.29, 1.82) is 0 Å². The molecule has 2 fully saturated rings. The van der Waals surface area contributed by atoms with Gasteiger partial charge in [-0.25, -0.2) is 4.98 Å². The summed E-state index contributed by atoms with van der Waals surface area (Å²) in [5, 5.41) is 0. The summed E-state index contributed by atoms with van der Waals surface area (Å²) >= 11 is 0. The van der Waals surface area contributed by atoms with Crippen LogP contribution in [0.15, 0.2) is 48.5 Å². The SMILES string of the molecule is COc1cccc(OCCCCn2c(C3CC(=O)N(C4CCCCC4)C3)nc3ccccc32)c1. The fraction of sp³-hybridized carbons (Fsp3) is 0.500. The Morgan fingerprint density at radius 1 is 1.00 bits per heavy atom. The van der Waals surface area contributed by atoms with E-state index in [0.29, 0.717) is 25.0 Å². The molecule has 1 saturated heterocycles. The van der Waals surface area contributed by atoms with Gasteiger partial charge in [0.15, 0.2) is 0 Å². The molecule has 1 aliphatic carbocycles. The first-order valence-corrected chi connectivity index (χ1v) is 12.7. The van der Waals surface area contributed by atoms with Gasteiger partial charge in [0, 0.05) is 37.5 Å². The normalized spacial score (nSPS) is 19.1. The summed E-state index contributed by atoms with van der Waals surface area (Å²) in [4.78, 5) is 20.1. The smallest absolute Gasteiger partial charge is 0.223 e. The summed E-state index contributed by atoms with van der Waals surface area (Å²) in [5.74, 6) is 3.19. The van der Waals surface area contributed by atoms with E-state index >= 15 is 0 Å². The third-order valence-electron chi connectivity index (χ3n) is 7.31. The highest BCUT2D eigenvalue weighted by molar-refractivity contribution is 5.81. The largest absolute Gasteiger partial charge is 0.497 e. The molecule has 1 saturated carbocycles. The van der Waals surface area contributed by atoms with Crippen LogP contribution in [0.4, 0.5) is 0 Å². The van der Waals surface area contributed by atoms with Gasteiger partial charge in [-0.3, -0.25) is 4.79 Å². The van der Waals surface area contributed by atoms with Gasteiger partial charge >= 0.3 is 0 Å². The van der Waals surface area contributed by atoms with Crippen LogP contribution >= 0.6 is 0 Å². The van der Waals surface area contributed by atoms with Gasteiger partial charge in [0.1, 0.15) is 17.3 Å². The third kappa shape index (κ3) is 4.91. The van der Waals surface area contributed by atoms with E-state index in [1.54, 1.807) is 7.11 Å². The van der Waals surface area contributed by atoms with E-state index in [-0.39, 0.29) is 5.92 Å². The number of carbonyl (C=O) groups is 1. The fourth-order valence-electron chi connectivity index (χ4n) is 5.54. The predicted molar refractivity (Wildman–Crippen MR) is 133 cm³/mol. The molecule has 1 aromatic heterocycles. The Morgan fingerprint density at radius 2 is 1.82 bits per heavy atom. The Hall–Kier alpha value is -3.02. The van der Waals surface area contributed by atoms with Crippen molar-refractivity contribution in [3.05, 3.63) is 54.4 Å². The molecule has 0 radical (unpaired) electrons. The Balaban J connectivity index is 1.24. The summed E-state index contributed by atoms with van der Waals surface area (Å²) in [6.07, 6.45) is 8.62. The van der Waals surface area contributed by atoms with Crippen LogP contribution in [0.5, 0.6) is 11.5 Å². The summed E-state index contributed by atoms with van der Waals surface area (Å²) in [7, 11) is 1.67. The number of para-hydroxylation sites is 2. The zero-order valence-corrected chi connectivity index (χ0v) is 20.1. The van der Waals surface area contributed by atoms with Gasteiger partial charge in [-0.05, 0) is 49.9 Å². The number of carbonyl (C=O) groups excluding carboxylic acids is 1. The maximum Gasteiger partial charge on any atom is 0.223 e. The molecule has 1 aliphatic heterocycles. The van der Waals surface area contributed by atoms with Crippen molar-refractivity contribution in [2.75, 3.05) is 20.3 Å². The number of hydrogen-bond acceptors (Lipinski definition) is 4. The van der Waals surface area contributed by atoms with Crippen molar-refractivity contribution in [1.82, 2.24) is 14.5 Å². The quantitative estimate of drug-likeness (QED) is 0.392. The minimum absolute atomic E-state index is 0.176. The number of nitrogens with zero attached hydrogens (tertiary/aromatic N) is 3. The Kier molecular flexibility index (Phi) is 7.02. The highest BCUT2D eigenvalue weighted by Gasteiger charge is 2.37. The molecule has 3 aromatic rings. The van der Waals surface area contributed by atoms with E-state index in [0.717, 1.165) is 67.1 Å². The number of benzene rings is 2. The number of methoxy groups -OCH3 is 1. The van der Waals surface area contributed by atoms with Crippen molar-refractivity contribution in [3.8, 4) is 11.5 Å². The number of hydrogen-bond donors (Lipinski definition) is 0. The number of aromatic nitrogens is 2.